The number of ether oxygens (including phenoxy) is 2. The first kappa shape index (κ1) is 18.1. The minimum Gasteiger partial charge on any atom is -0.380 e. The summed E-state index contributed by atoms with van der Waals surface area (Å²) in [5, 5.41) is 0.635. The molecule has 0 amide bonds. The number of carbonyl (C=O) groups excluding carboxylic acids is 1. The molecule has 0 saturated carbocycles. The van der Waals surface area contributed by atoms with E-state index in [4.69, 9.17) is 21.1 Å². The molecule has 0 saturated heterocycles. The molecule has 1 aromatic rings. The average molecular weight is 314 g/mol. The average Bonchev–Trinajstić information content (AvgIpc) is 2.48. The van der Waals surface area contributed by atoms with E-state index < -0.39 is 0 Å². The minimum absolute atomic E-state index is 0.0830. The van der Waals surface area contributed by atoms with Crippen molar-refractivity contribution in [2.24, 2.45) is 0 Å². The standard InChI is InChI=1S/C16H24ClNO3/c1-3-20-11-9-18(10-12-21-4-2)13-16(19)14-5-7-15(17)8-6-14/h5-8H,3-4,9-13H2,1-2H3. The van der Waals surface area contributed by atoms with Gasteiger partial charge in [0.2, 0.25) is 0 Å². The van der Waals surface area contributed by atoms with Crippen molar-refractivity contribution in [2.45, 2.75) is 13.8 Å². The zero-order valence-electron chi connectivity index (χ0n) is 12.8. The number of hydrogen-bond acceptors (Lipinski definition) is 4. The van der Waals surface area contributed by atoms with Gasteiger partial charge >= 0.3 is 0 Å². The number of ketones is 1. The molecule has 0 radical (unpaired) electrons. The number of rotatable bonds is 11. The predicted molar refractivity (Wildman–Crippen MR) is 85.2 cm³/mol. The lowest BCUT2D eigenvalue weighted by Crippen LogP contribution is -2.35. The Morgan fingerprint density at radius 3 is 2.05 bits per heavy atom. The highest BCUT2D eigenvalue weighted by Crippen LogP contribution is 2.10. The van der Waals surface area contributed by atoms with E-state index >= 15 is 0 Å². The van der Waals surface area contributed by atoms with Gasteiger partial charge in [0.25, 0.3) is 0 Å². The van der Waals surface area contributed by atoms with E-state index in [9.17, 15) is 4.79 Å². The van der Waals surface area contributed by atoms with Gasteiger partial charge in [0, 0.05) is 36.9 Å². The largest absolute Gasteiger partial charge is 0.380 e. The van der Waals surface area contributed by atoms with Crippen LogP contribution in [0.1, 0.15) is 24.2 Å². The van der Waals surface area contributed by atoms with E-state index in [0.717, 1.165) is 13.1 Å². The summed E-state index contributed by atoms with van der Waals surface area (Å²) in [6.07, 6.45) is 0. The molecule has 0 atom stereocenters. The molecule has 118 valence electrons. The molecule has 0 aliphatic carbocycles. The highest BCUT2D eigenvalue weighted by atomic mass is 35.5. The Hall–Kier alpha value is -0.940. The summed E-state index contributed by atoms with van der Waals surface area (Å²) in [6, 6.07) is 6.99. The van der Waals surface area contributed by atoms with Crippen molar-refractivity contribution in [1.82, 2.24) is 4.90 Å². The molecule has 21 heavy (non-hydrogen) atoms. The molecular formula is C16H24ClNO3. The molecule has 0 heterocycles. The van der Waals surface area contributed by atoms with Gasteiger partial charge in [-0.3, -0.25) is 9.69 Å². The number of halogens is 1. The fourth-order valence-corrected chi connectivity index (χ4v) is 2.00. The van der Waals surface area contributed by atoms with Gasteiger partial charge in [-0.2, -0.15) is 0 Å². The molecule has 0 aliphatic heterocycles. The topological polar surface area (TPSA) is 38.8 Å². The van der Waals surface area contributed by atoms with Crippen LogP contribution in [-0.4, -0.2) is 56.7 Å². The van der Waals surface area contributed by atoms with Gasteiger partial charge in [-0.05, 0) is 38.1 Å². The van der Waals surface area contributed by atoms with Crippen LogP contribution in [-0.2, 0) is 9.47 Å². The van der Waals surface area contributed by atoms with Crippen molar-refractivity contribution in [1.29, 1.82) is 0 Å². The van der Waals surface area contributed by atoms with Crippen LogP contribution in [0, 0.1) is 0 Å². The summed E-state index contributed by atoms with van der Waals surface area (Å²) in [5.41, 5.74) is 0.678. The van der Waals surface area contributed by atoms with Crippen LogP contribution < -0.4 is 0 Å². The van der Waals surface area contributed by atoms with Crippen molar-refractivity contribution in [2.75, 3.05) is 46.1 Å². The van der Waals surface area contributed by atoms with E-state index in [1.165, 1.54) is 0 Å². The highest BCUT2D eigenvalue weighted by molar-refractivity contribution is 6.30. The van der Waals surface area contributed by atoms with Crippen molar-refractivity contribution in [3.63, 3.8) is 0 Å². The Kier molecular flexibility index (Phi) is 9.26. The fourth-order valence-electron chi connectivity index (χ4n) is 1.88. The number of Topliss-reactive ketones (excluding diaryl/α,β-unsaturated/α-hetero) is 1. The number of nitrogens with zero attached hydrogens (tertiary/aromatic N) is 1. The second kappa shape index (κ2) is 10.7. The molecule has 1 aromatic carbocycles. The smallest absolute Gasteiger partial charge is 0.176 e. The van der Waals surface area contributed by atoms with E-state index in [2.05, 4.69) is 4.90 Å². The first-order chi connectivity index (χ1) is 10.2. The zero-order chi connectivity index (χ0) is 15.5. The maximum atomic E-state index is 12.3. The third kappa shape index (κ3) is 7.58. The van der Waals surface area contributed by atoms with Crippen LogP contribution in [0.3, 0.4) is 0 Å². The van der Waals surface area contributed by atoms with Crippen LogP contribution in [0.25, 0.3) is 0 Å². The van der Waals surface area contributed by atoms with Gasteiger partial charge < -0.3 is 9.47 Å². The Bertz CT molecular complexity index is 398. The number of carbonyl (C=O) groups is 1. The molecule has 1 rings (SSSR count). The van der Waals surface area contributed by atoms with Crippen molar-refractivity contribution < 1.29 is 14.3 Å². The summed E-state index contributed by atoms with van der Waals surface area (Å²) < 4.78 is 10.7. The molecular weight excluding hydrogens is 290 g/mol. The van der Waals surface area contributed by atoms with Crippen LogP contribution >= 0.6 is 11.6 Å². The van der Waals surface area contributed by atoms with Crippen LogP contribution in [0.2, 0.25) is 5.02 Å². The molecule has 0 N–H and O–H groups in total. The summed E-state index contributed by atoms with van der Waals surface area (Å²) in [4.78, 5) is 14.3. The van der Waals surface area contributed by atoms with Crippen molar-refractivity contribution in [3.8, 4) is 0 Å². The first-order valence-corrected chi connectivity index (χ1v) is 7.71. The molecule has 4 nitrogen and oxygen atoms in total. The molecule has 0 aliphatic rings. The van der Waals surface area contributed by atoms with Crippen molar-refractivity contribution in [3.05, 3.63) is 34.9 Å². The third-order valence-corrected chi connectivity index (χ3v) is 3.30. The first-order valence-electron chi connectivity index (χ1n) is 7.34. The van der Waals surface area contributed by atoms with Gasteiger partial charge in [0.1, 0.15) is 0 Å². The van der Waals surface area contributed by atoms with E-state index in [1.807, 2.05) is 13.8 Å². The predicted octanol–water partition coefficient (Wildman–Crippen LogP) is 2.90. The highest BCUT2D eigenvalue weighted by Gasteiger charge is 2.12. The van der Waals surface area contributed by atoms with Gasteiger partial charge in [0.15, 0.2) is 5.78 Å². The normalized spacial score (nSPS) is 11.0. The Balaban J connectivity index is 2.52. The maximum Gasteiger partial charge on any atom is 0.176 e. The SMILES string of the molecule is CCOCCN(CCOCC)CC(=O)c1ccc(Cl)cc1. The lowest BCUT2D eigenvalue weighted by molar-refractivity contribution is 0.0725. The molecule has 0 unspecified atom stereocenters. The summed E-state index contributed by atoms with van der Waals surface area (Å²) in [5.74, 6) is 0.0830. The Morgan fingerprint density at radius 2 is 1.57 bits per heavy atom. The van der Waals surface area contributed by atoms with Gasteiger partial charge in [-0.1, -0.05) is 11.6 Å². The number of benzene rings is 1. The summed E-state index contributed by atoms with van der Waals surface area (Å²) in [6.45, 7) is 8.34. The third-order valence-electron chi connectivity index (χ3n) is 3.05. The van der Waals surface area contributed by atoms with Crippen LogP contribution in [0.4, 0.5) is 0 Å². The zero-order valence-corrected chi connectivity index (χ0v) is 13.6. The molecule has 5 heteroatoms. The molecule has 0 fully saturated rings. The second-order valence-corrected chi connectivity index (χ2v) is 5.04. The van der Waals surface area contributed by atoms with E-state index in [0.29, 0.717) is 43.6 Å². The van der Waals surface area contributed by atoms with Gasteiger partial charge in [0.05, 0.1) is 19.8 Å². The Labute approximate surface area is 132 Å². The summed E-state index contributed by atoms with van der Waals surface area (Å²) in [7, 11) is 0. The van der Waals surface area contributed by atoms with Crippen LogP contribution in [0.15, 0.2) is 24.3 Å². The van der Waals surface area contributed by atoms with Gasteiger partial charge in [-0.15, -0.1) is 0 Å². The fraction of sp³-hybridized carbons (Fsp3) is 0.562. The Morgan fingerprint density at radius 1 is 1.05 bits per heavy atom. The quantitative estimate of drug-likeness (QED) is 0.465. The number of hydrogen-bond donors (Lipinski definition) is 0. The minimum atomic E-state index is 0.0830. The molecule has 0 aromatic heterocycles. The van der Waals surface area contributed by atoms with Crippen LogP contribution in [0.5, 0.6) is 0 Å². The lowest BCUT2D eigenvalue weighted by Gasteiger charge is -2.21. The lowest BCUT2D eigenvalue weighted by atomic mass is 10.1. The summed E-state index contributed by atoms with van der Waals surface area (Å²) >= 11 is 5.84. The monoisotopic (exact) mass is 313 g/mol. The maximum absolute atomic E-state index is 12.3. The van der Waals surface area contributed by atoms with E-state index in [1.54, 1.807) is 24.3 Å². The van der Waals surface area contributed by atoms with E-state index in [-0.39, 0.29) is 5.78 Å². The molecule has 0 spiro atoms. The molecule has 0 bridgehead atoms. The second-order valence-electron chi connectivity index (χ2n) is 4.60. The van der Waals surface area contributed by atoms with Gasteiger partial charge in [-0.25, -0.2) is 0 Å². The van der Waals surface area contributed by atoms with Crippen molar-refractivity contribution >= 4 is 17.4 Å².